The number of unbranched alkanes of at least 4 members (excludes halogenated alkanes) is 2. The molecule has 2 aromatic carbocycles. The highest BCUT2D eigenvalue weighted by Crippen LogP contribution is 2.29. The molecule has 8 nitrogen and oxygen atoms in total. The van der Waals surface area contributed by atoms with E-state index >= 15 is 0 Å². The van der Waals surface area contributed by atoms with Crippen molar-refractivity contribution in [2.75, 3.05) is 6.54 Å². The second kappa shape index (κ2) is 10.3. The lowest BCUT2D eigenvalue weighted by Gasteiger charge is -2.22. The van der Waals surface area contributed by atoms with Gasteiger partial charge < -0.3 is 10.6 Å². The Bertz CT molecular complexity index is 970. The van der Waals surface area contributed by atoms with Crippen LogP contribution in [0.15, 0.2) is 48.5 Å². The number of amides is 2. The Morgan fingerprint density at radius 1 is 1.07 bits per heavy atom. The number of tetrazole rings is 1. The third kappa shape index (κ3) is 5.50. The van der Waals surface area contributed by atoms with Crippen molar-refractivity contribution in [1.29, 1.82) is 0 Å². The molecule has 3 rings (SSSR count). The van der Waals surface area contributed by atoms with Gasteiger partial charge in [-0.3, -0.25) is 9.59 Å². The molecule has 1 heterocycles. The second-order valence-corrected chi connectivity index (χ2v) is 6.99. The van der Waals surface area contributed by atoms with Crippen LogP contribution in [0.5, 0.6) is 0 Å². The minimum atomic E-state index is -0.728. The van der Waals surface area contributed by atoms with E-state index in [4.69, 9.17) is 5.73 Å². The van der Waals surface area contributed by atoms with Crippen LogP contribution in [0.3, 0.4) is 0 Å². The zero-order valence-electron chi connectivity index (χ0n) is 16.9. The van der Waals surface area contributed by atoms with Crippen molar-refractivity contribution in [3.8, 4) is 22.5 Å². The molecule has 3 aromatic rings. The largest absolute Gasteiger partial charge is 0.369 e. The average molecular weight is 405 g/mol. The van der Waals surface area contributed by atoms with Gasteiger partial charge in [-0.15, -0.1) is 10.2 Å². The lowest BCUT2D eigenvalue weighted by atomic mass is 9.98. The number of benzene rings is 2. The SMILES string of the molecule is CCCCCN(Cc1ccc(-c2ccccc2-c2nn[nH]n2)cc1)C(=O)[CH]C(N)=O. The number of carbonyl (C=O) groups excluding carboxylic acids is 2. The van der Waals surface area contributed by atoms with E-state index in [2.05, 4.69) is 27.5 Å². The first-order valence-corrected chi connectivity index (χ1v) is 9.93. The summed E-state index contributed by atoms with van der Waals surface area (Å²) >= 11 is 0. The second-order valence-electron chi connectivity index (χ2n) is 6.99. The van der Waals surface area contributed by atoms with Gasteiger partial charge in [0, 0.05) is 18.7 Å². The molecule has 0 aliphatic heterocycles. The van der Waals surface area contributed by atoms with Crippen molar-refractivity contribution in [3.63, 3.8) is 0 Å². The maximum Gasteiger partial charge on any atom is 0.236 e. The highest BCUT2D eigenvalue weighted by molar-refractivity contribution is 6.07. The van der Waals surface area contributed by atoms with Crippen LogP contribution in [0.4, 0.5) is 0 Å². The fourth-order valence-electron chi connectivity index (χ4n) is 3.25. The van der Waals surface area contributed by atoms with Crippen molar-refractivity contribution in [2.24, 2.45) is 5.73 Å². The zero-order chi connectivity index (χ0) is 21.3. The van der Waals surface area contributed by atoms with Gasteiger partial charge in [0.25, 0.3) is 0 Å². The standard InChI is InChI=1S/C22H25N6O2/c1-2-3-6-13-28(21(30)14-20(23)29)15-16-9-11-17(12-10-16)18-7-4-5-8-19(18)22-24-26-27-25-22/h4-5,7-12,14H,2-3,6,13,15H2,1H3,(H2,23,29)(H,24,25,26,27). The van der Waals surface area contributed by atoms with Crippen LogP contribution in [0.25, 0.3) is 22.5 Å². The summed E-state index contributed by atoms with van der Waals surface area (Å²) in [5, 5.41) is 14.3. The van der Waals surface area contributed by atoms with Crippen molar-refractivity contribution < 1.29 is 9.59 Å². The molecule has 0 fully saturated rings. The molecule has 1 radical (unpaired) electrons. The van der Waals surface area contributed by atoms with E-state index < -0.39 is 5.91 Å². The fourth-order valence-corrected chi connectivity index (χ4v) is 3.25. The van der Waals surface area contributed by atoms with E-state index in [1.807, 2.05) is 48.5 Å². The predicted octanol–water partition coefficient (Wildman–Crippen LogP) is 2.74. The van der Waals surface area contributed by atoms with Crippen LogP contribution in [-0.4, -0.2) is 43.9 Å². The minimum Gasteiger partial charge on any atom is -0.369 e. The molecule has 0 spiro atoms. The number of hydrogen-bond donors (Lipinski definition) is 2. The number of nitrogens with two attached hydrogens (primary N) is 1. The van der Waals surface area contributed by atoms with Crippen molar-refractivity contribution in [1.82, 2.24) is 25.5 Å². The summed E-state index contributed by atoms with van der Waals surface area (Å²) in [5.41, 5.74) is 9.01. The van der Waals surface area contributed by atoms with Crippen molar-refractivity contribution >= 4 is 11.8 Å². The summed E-state index contributed by atoms with van der Waals surface area (Å²) in [4.78, 5) is 25.1. The maximum absolute atomic E-state index is 12.4. The molecular weight excluding hydrogens is 380 g/mol. The molecule has 0 atom stereocenters. The van der Waals surface area contributed by atoms with Gasteiger partial charge in [-0.25, -0.2) is 0 Å². The van der Waals surface area contributed by atoms with Crippen LogP contribution in [0.1, 0.15) is 31.7 Å². The molecule has 0 saturated heterocycles. The Hall–Kier alpha value is -3.55. The number of H-pyrrole nitrogens is 1. The highest BCUT2D eigenvalue weighted by atomic mass is 16.2. The van der Waals surface area contributed by atoms with Crippen LogP contribution in [0, 0.1) is 6.42 Å². The molecule has 2 amide bonds. The molecule has 8 heteroatoms. The first-order chi connectivity index (χ1) is 14.6. The number of aromatic amines is 1. The summed E-state index contributed by atoms with van der Waals surface area (Å²) in [7, 11) is 0. The van der Waals surface area contributed by atoms with Gasteiger partial charge >= 0.3 is 0 Å². The summed E-state index contributed by atoms with van der Waals surface area (Å²) in [6.07, 6.45) is 3.90. The maximum atomic E-state index is 12.4. The molecule has 1 aromatic heterocycles. The van der Waals surface area contributed by atoms with E-state index in [-0.39, 0.29) is 5.91 Å². The number of primary amides is 1. The summed E-state index contributed by atoms with van der Waals surface area (Å²) in [6.45, 7) is 3.10. The van der Waals surface area contributed by atoms with Gasteiger partial charge in [0.15, 0.2) is 0 Å². The lowest BCUT2D eigenvalue weighted by molar-refractivity contribution is -0.130. The molecule has 30 heavy (non-hydrogen) atoms. The van der Waals surface area contributed by atoms with E-state index in [1.165, 1.54) is 0 Å². The third-order valence-corrected chi connectivity index (χ3v) is 4.76. The highest BCUT2D eigenvalue weighted by Gasteiger charge is 2.17. The van der Waals surface area contributed by atoms with Gasteiger partial charge in [-0.05, 0) is 28.3 Å². The molecule has 0 bridgehead atoms. The summed E-state index contributed by atoms with van der Waals surface area (Å²) < 4.78 is 0. The van der Waals surface area contributed by atoms with Crippen LogP contribution in [0.2, 0.25) is 0 Å². The van der Waals surface area contributed by atoms with Gasteiger partial charge in [-0.1, -0.05) is 68.3 Å². The monoisotopic (exact) mass is 405 g/mol. The lowest BCUT2D eigenvalue weighted by Crippen LogP contribution is -2.35. The molecule has 0 aliphatic rings. The van der Waals surface area contributed by atoms with Crippen molar-refractivity contribution in [3.05, 3.63) is 60.5 Å². The molecule has 0 aliphatic carbocycles. The number of aromatic nitrogens is 4. The van der Waals surface area contributed by atoms with E-state index in [0.29, 0.717) is 18.9 Å². The van der Waals surface area contributed by atoms with E-state index in [9.17, 15) is 9.59 Å². The fraction of sp³-hybridized carbons (Fsp3) is 0.273. The smallest absolute Gasteiger partial charge is 0.236 e. The number of nitrogens with one attached hydrogen (secondary N) is 1. The topological polar surface area (TPSA) is 118 Å². The third-order valence-electron chi connectivity index (χ3n) is 4.76. The van der Waals surface area contributed by atoms with Gasteiger partial charge in [0.2, 0.25) is 17.6 Å². The van der Waals surface area contributed by atoms with Gasteiger partial charge in [-0.2, -0.15) is 5.21 Å². The number of nitrogens with zero attached hydrogens (tertiary/aromatic N) is 4. The Labute approximate surface area is 175 Å². The van der Waals surface area contributed by atoms with E-state index in [0.717, 1.165) is 47.9 Å². The van der Waals surface area contributed by atoms with Crippen LogP contribution in [-0.2, 0) is 16.1 Å². The predicted molar refractivity (Wildman–Crippen MR) is 113 cm³/mol. The Morgan fingerprint density at radius 2 is 1.80 bits per heavy atom. The van der Waals surface area contributed by atoms with Gasteiger partial charge in [0.1, 0.15) is 6.42 Å². The first kappa shape index (κ1) is 21.2. The Morgan fingerprint density at radius 3 is 2.43 bits per heavy atom. The Balaban J connectivity index is 1.77. The number of rotatable bonds is 10. The van der Waals surface area contributed by atoms with Gasteiger partial charge in [0.05, 0.1) is 0 Å². The summed E-state index contributed by atoms with van der Waals surface area (Å²) in [6, 6.07) is 15.8. The van der Waals surface area contributed by atoms with E-state index in [1.54, 1.807) is 4.90 Å². The number of carbonyl (C=O) groups is 2. The number of hydrogen-bond acceptors (Lipinski definition) is 5. The van der Waals surface area contributed by atoms with Crippen LogP contribution < -0.4 is 5.73 Å². The molecule has 0 unspecified atom stereocenters. The zero-order valence-corrected chi connectivity index (χ0v) is 16.9. The first-order valence-electron chi connectivity index (χ1n) is 9.93. The summed E-state index contributed by atoms with van der Waals surface area (Å²) in [5.74, 6) is -0.552. The van der Waals surface area contributed by atoms with Crippen LogP contribution >= 0.6 is 0 Å². The molecule has 155 valence electrons. The quantitative estimate of drug-likeness (QED) is 0.397. The normalized spacial score (nSPS) is 10.7. The molecule has 3 N–H and O–H groups in total. The molecular formula is C22H25N6O2. The Kier molecular flexibility index (Phi) is 7.26. The minimum absolute atomic E-state index is 0.356. The van der Waals surface area contributed by atoms with Crippen molar-refractivity contribution in [2.45, 2.75) is 32.7 Å². The molecule has 0 saturated carbocycles. The average Bonchev–Trinajstić information content (AvgIpc) is 3.28.